The summed E-state index contributed by atoms with van der Waals surface area (Å²) in [7, 11) is 0. The quantitative estimate of drug-likeness (QED) is 0.866. The van der Waals surface area contributed by atoms with Gasteiger partial charge in [-0.2, -0.15) is 0 Å². The van der Waals surface area contributed by atoms with Crippen molar-refractivity contribution >= 4 is 0 Å². The van der Waals surface area contributed by atoms with Crippen LogP contribution in [0.3, 0.4) is 0 Å². The molecule has 92 valence electrons. The Balaban J connectivity index is 1.69. The molecule has 0 spiro atoms. The van der Waals surface area contributed by atoms with E-state index in [4.69, 9.17) is 4.74 Å². The lowest BCUT2D eigenvalue weighted by Gasteiger charge is -2.19. The molecule has 0 amide bonds. The van der Waals surface area contributed by atoms with Gasteiger partial charge in [-0.3, -0.25) is 0 Å². The molecule has 2 nitrogen and oxygen atoms in total. The first-order valence-corrected chi connectivity index (χ1v) is 6.44. The third kappa shape index (κ3) is 2.50. The molecule has 2 fully saturated rings. The van der Waals surface area contributed by atoms with Crippen molar-refractivity contribution in [2.75, 3.05) is 13.2 Å². The molecule has 3 heteroatoms. The summed E-state index contributed by atoms with van der Waals surface area (Å²) in [5.74, 6) is 0.267. The molecule has 1 aliphatic heterocycles. The molecular formula is C14H18FNO. The normalized spacial score (nSPS) is 28.5. The second-order valence-electron chi connectivity index (χ2n) is 5.04. The molecule has 1 saturated heterocycles. The van der Waals surface area contributed by atoms with Gasteiger partial charge in [0, 0.05) is 30.7 Å². The highest BCUT2D eigenvalue weighted by Crippen LogP contribution is 2.35. The van der Waals surface area contributed by atoms with Crippen LogP contribution in [-0.2, 0) is 4.74 Å². The largest absolute Gasteiger partial charge is 0.373 e. The standard InChI is InChI=1S/C14H18FNO/c15-13-4-2-1-3-12(13)14-10(7-8-17-14)9-16-11-5-6-11/h1-4,10-11,14,16H,5-9H2. The predicted molar refractivity (Wildman–Crippen MR) is 64.2 cm³/mol. The zero-order valence-corrected chi connectivity index (χ0v) is 9.86. The SMILES string of the molecule is Fc1ccccc1C1OCCC1CNC1CC1. The van der Waals surface area contributed by atoms with Gasteiger partial charge in [0.2, 0.25) is 0 Å². The van der Waals surface area contributed by atoms with Gasteiger partial charge in [0.05, 0.1) is 6.10 Å². The van der Waals surface area contributed by atoms with E-state index in [9.17, 15) is 4.39 Å². The fourth-order valence-corrected chi connectivity index (χ4v) is 2.50. The van der Waals surface area contributed by atoms with Crippen LogP contribution in [0.5, 0.6) is 0 Å². The molecule has 2 unspecified atom stereocenters. The van der Waals surface area contributed by atoms with Crippen LogP contribution in [0.15, 0.2) is 24.3 Å². The summed E-state index contributed by atoms with van der Waals surface area (Å²) >= 11 is 0. The molecule has 3 rings (SSSR count). The minimum atomic E-state index is -0.143. The molecular weight excluding hydrogens is 217 g/mol. The van der Waals surface area contributed by atoms with Crippen LogP contribution in [0.4, 0.5) is 4.39 Å². The lowest BCUT2D eigenvalue weighted by molar-refractivity contribution is 0.0874. The number of hydrogen-bond acceptors (Lipinski definition) is 2. The van der Waals surface area contributed by atoms with Crippen LogP contribution < -0.4 is 5.32 Å². The molecule has 1 N–H and O–H groups in total. The Morgan fingerprint density at radius 2 is 2.06 bits per heavy atom. The molecule has 0 aromatic heterocycles. The van der Waals surface area contributed by atoms with E-state index in [0.717, 1.165) is 19.6 Å². The first-order chi connectivity index (χ1) is 8.34. The van der Waals surface area contributed by atoms with Crippen molar-refractivity contribution in [3.8, 4) is 0 Å². The van der Waals surface area contributed by atoms with Gasteiger partial charge in [-0.15, -0.1) is 0 Å². The van der Waals surface area contributed by atoms with Gasteiger partial charge in [-0.25, -0.2) is 4.39 Å². The number of benzene rings is 1. The van der Waals surface area contributed by atoms with Crippen LogP contribution >= 0.6 is 0 Å². The maximum absolute atomic E-state index is 13.7. The van der Waals surface area contributed by atoms with E-state index in [0.29, 0.717) is 17.5 Å². The Hall–Kier alpha value is -0.930. The van der Waals surface area contributed by atoms with Gasteiger partial charge >= 0.3 is 0 Å². The Kier molecular flexibility index (Phi) is 3.12. The lowest BCUT2D eigenvalue weighted by atomic mass is 9.95. The summed E-state index contributed by atoms with van der Waals surface area (Å²) in [4.78, 5) is 0. The van der Waals surface area contributed by atoms with Crippen molar-refractivity contribution in [1.82, 2.24) is 5.32 Å². The van der Waals surface area contributed by atoms with Crippen LogP contribution in [-0.4, -0.2) is 19.2 Å². The summed E-state index contributed by atoms with van der Waals surface area (Å²) in [5.41, 5.74) is 0.715. The fraction of sp³-hybridized carbons (Fsp3) is 0.571. The zero-order chi connectivity index (χ0) is 11.7. The number of nitrogens with one attached hydrogen (secondary N) is 1. The molecule has 17 heavy (non-hydrogen) atoms. The van der Waals surface area contributed by atoms with E-state index in [-0.39, 0.29) is 11.9 Å². The number of hydrogen-bond donors (Lipinski definition) is 1. The molecule has 2 atom stereocenters. The molecule has 1 heterocycles. The van der Waals surface area contributed by atoms with E-state index in [2.05, 4.69) is 5.32 Å². The van der Waals surface area contributed by atoms with E-state index in [1.807, 2.05) is 12.1 Å². The van der Waals surface area contributed by atoms with Gasteiger partial charge in [0.25, 0.3) is 0 Å². The fourth-order valence-electron chi connectivity index (χ4n) is 2.50. The van der Waals surface area contributed by atoms with Crippen molar-refractivity contribution in [1.29, 1.82) is 0 Å². The van der Waals surface area contributed by atoms with Gasteiger partial charge in [-0.05, 0) is 25.3 Å². The third-order valence-corrected chi connectivity index (χ3v) is 3.67. The highest BCUT2D eigenvalue weighted by molar-refractivity contribution is 5.21. The van der Waals surface area contributed by atoms with Crippen LogP contribution in [0.2, 0.25) is 0 Å². The topological polar surface area (TPSA) is 21.3 Å². The van der Waals surface area contributed by atoms with E-state index in [1.54, 1.807) is 6.07 Å². The van der Waals surface area contributed by atoms with E-state index < -0.39 is 0 Å². The molecule has 1 aliphatic carbocycles. The Bertz CT molecular complexity index is 392. The number of halogens is 1. The summed E-state index contributed by atoms with van der Waals surface area (Å²) in [6.07, 6.45) is 3.54. The first kappa shape index (κ1) is 11.2. The van der Waals surface area contributed by atoms with E-state index in [1.165, 1.54) is 18.9 Å². The monoisotopic (exact) mass is 235 g/mol. The predicted octanol–water partition coefficient (Wildman–Crippen LogP) is 2.66. The maximum Gasteiger partial charge on any atom is 0.129 e. The average molecular weight is 235 g/mol. The highest BCUT2D eigenvalue weighted by atomic mass is 19.1. The molecule has 0 bridgehead atoms. The smallest absolute Gasteiger partial charge is 0.129 e. The van der Waals surface area contributed by atoms with Crippen molar-refractivity contribution in [2.45, 2.75) is 31.4 Å². The van der Waals surface area contributed by atoms with Crippen LogP contribution in [0.1, 0.15) is 30.9 Å². The average Bonchev–Trinajstić information content (AvgIpc) is 3.06. The van der Waals surface area contributed by atoms with Crippen LogP contribution in [0.25, 0.3) is 0 Å². The molecule has 1 saturated carbocycles. The highest BCUT2D eigenvalue weighted by Gasteiger charge is 2.32. The summed E-state index contributed by atoms with van der Waals surface area (Å²) in [6, 6.07) is 7.67. The number of rotatable bonds is 4. The Morgan fingerprint density at radius 1 is 1.24 bits per heavy atom. The first-order valence-electron chi connectivity index (χ1n) is 6.44. The Labute approximate surface area is 101 Å². The maximum atomic E-state index is 13.7. The molecule has 1 aromatic carbocycles. The van der Waals surface area contributed by atoms with Crippen molar-refractivity contribution in [3.63, 3.8) is 0 Å². The summed E-state index contributed by atoms with van der Waals surface area (Å²) in [6.45, 7) is 1.69. The van der Waals surface area contributed by atoms with Crippen LogP contribution in [0, 0.1) is 11.7 Å². The number of ether oxygens (including phenoxy) is 1. The minimum absolute atomic E-state index is 0.0672. The van der Waals surface area contributed by atoms with Gasteiger partial charge in [-0.1, -0.05) is 18.2 Å². The second-order valence-corrected chi connectivity index (χ2v) is 5.04. The second kappa shape index (κ2) is 4.75. The van der Waals surface area contributed by atoms with Gasteiger partial charge in [0.15, 0.2) is 0 Å². The van der Waals surface area contributed by atoms with E-state index >= 15 is 0 Å². The molecule has 1 aromatic rings. The summed E-state index contributed by atoms with van der Waals surface area (Å²) < 4.78 is 19.4. The molecule has 0 radical (unpaired) electrons. The van der Waals surface area contributed by atoms with Gasteiger partial charge < -0.3 is 10.1 Å². The van der Waals surface area contributed by atoms with Crippen molar-refractivity contribution in [2.24, 2.45) is 5.92 Å². The van der Waals surface area contributed by atoms with Gasteiger partial charge in [0.1, 0.15) is 5.82 Å². The minimum Gasteiger partial charge on any atom is -0.373 e. The molecule has 2 aliphatic rings. The summed E-state index contributed by atoms with van der Waals surface area (Å²) in [5, 5.41) is 3.52. The zero-order valence-electron chi connectivity index (χ0n) is 9.86. The third-order valence-electron chi connectivity index (χ3n) is 3.67. The lowest BCUT2D eigenvalue weighted by Crippen LogP contribution is -2.26. The Morgan fingerprint density at radius 3 is 2.82 bits per heavy atom. The van der Waals surface area contributed by atoms with Crippen molar-refractivity contribution < 1.29 is 9.13 Å². The van der Waals surface area contributed by atoms with Crippen molar-refractivity contribution in [3.05, 3.63) is 35.6 Å².